The summed E-state index contributed by atoms with van der Waals surface area (Å²) in [6, 6.07) is 7.70. The molecule has 0 aliphatic carbocycles. The normalized spacial score (nSPS) is 9.90. The first kappa shape index (κ1) is 13.6. The number of benzene rings is 1. The van der Waals surface area contributed by atoms with Crippen LogP contribution in [0.2, 0.25) is 0 Å². The van der Waals surface area contributed by atoms with Gasteiger partial charge in [-0.25, -0.2) is 18.6 Å². The molecule has 4 nitrogen and oxygen atoms in total. The number of nitrogens with zero attached hydrogens (tertiary/aromatic N) is 2. The van der Waals surface area contributed by atoms with Gasteiger partial charge in [-0.05, 0) is 18.2 Å². The first-order valence-corrected chi connectivity index (χ1v) is 5.51. The number of hydrogen-bond acceptors (Lipinski definition) is 4. The Kier molecular flexibility index (Phi) is 3.71. The molecule has 1 aromatic heterocycles. The Hall–Kier alpha value is -2.81. The van der Waals surface area contributed by atoms with Crippen molar-refractivity contribution in [3.63, 3.8) is 0 Å². The van der Waals surface area contributed by atoms with Crippen LogP contribution in [0.4, 0.5) is 8.78 Å². The summed E-state index contributed by atoms with van der Waals surface area (Å²) in [5.41, 5.74) is -0.400. The molecule has 1 heterocycles. The monoisotopic (exact) mass is 274 g/mol. The number of ether oxygens (including phenoxy) is 1. The van der Waals surface area contributed by atoms with Crippen molar-refractivity contribution in [2.45, 2.75) is 0 Å². The van der Waals surface area contributed by atoms with E-state index in [1.807, 2.05) is 0 Å². The van der Waals surface area contributed by atoms with Crippen molar-refractivity contribution in [3.05, 3.63) is 53.2 Å². The minimum Gasteiger partial charge on any atom is -0.465 e. The van der Waals surface area contributed by atoms with E-state index >= 15 is 0 Å². The predicted molar refractivity (Wildman–Crippen MR) is 65.6 cm³/mol. The van der Waals surface area contributed by atoms with E-state index in [-0.39, 0.29) is 16.8 Å². The second-order valence-electron chi connectivity index (χ2n) is 3.83. The Morgan fingerprint density at radius 3 is 2.70 bits per heavy atom. The van der Waals surface area contributed by atoms with Gasteiger partial charge in [0.2, 0.25) is 0 Å². The van der Waals surface area contributed by atoms with E-state index in [4.69, 9.17) is 5.26 Å². The first-order chi connectivity index (χ1) is 9.56. The van der Waals surface area contributed by atoms with Crippen LogP contribution in [-0.2, 0) is 4.74 Å². The first-order valence-electron chi connectivity index (χ1n) is 5.51. The van der Waals surface area contributed by atoms with Gasteiger partial charge < -0.3 is 4.74 Å². The Balaban J connectivity index is 2.72. The van der Waals surface area contributed by atoms with Crippen molar-refractivity contribution in [3.8, 4) is 17.3 Å². The SMILES string of the molecule is COC(=O)c1cc(F)c(C#N)nc1-c1cccc(F)c1. The number of carbonyl (C=O) groups is 1. The van der Waals surface area contributed by atoms with Crippen LogP contribution < -0.4 is 0 Å². The molecule has 0 saturated carbocycles. The van der Waals surface area contributed by atoms with E-state index in [0.717, 1.165) is 19.2 Å². The predicted octanol–water partition coefficient (Wildman–Crippen LogP) is 2.69. The van der Waals surface area contributed by atoms with E-state index in [9.17, 15) is 13.6 Å². The molecule has 0 N–H and O–H groups in total. The van der Waals surface area contributed by atoms with E-state index in [1.165, 1.54) is 18.2 Å². The molecule has 2 rings (SSSR count). The summed E-state index contributed by atoms with van der Waals surface area (Å²) in [5.74, 6) is -2.30. The molecule has 2 aromatic rings. The van der Waals surface area contributed by atoms with Crippen LogP contribution in [0.15, 0.2) is 30.3 Å². The van der Waals surface area contributed by atoms with Gasteiger partial charge in [0, 0.05) is 5.56 Å². The molecule has 0 amide bonds. The number of esters is 1. The van der Waals surface area contributed by atoms with Crippen LogP contribution in [-0.4, -0.2) is 18.1 Å². The highest BCUT2D eigenvalue weighted by atomic mass is 19.1. The fraction of sp³-hybridized carbons (Fsp3) is 0.0714. The quantitative estimate of drug-likeness (QED) is 0.790. The lowest BCUT2D eigenvalue weighted by molar-refractivity contribution is 0.0600. The third-order valence-electron chi connectivity index (χ3n) is 2.59. The van der Waals surface area contributed by atoms with Crippen molar-refractivity contribution < 1.29 is 18.3 Å². The molecule has 100 valence electrons. The standard InChI is InChI=1S/C14H8F2N2O2/c1-20-14(19)10-6-11(16)12(7-17)18-13(10)8-3-2-4-9(15)5-8/h2-6H,1H3. The molecular weight excluding hydrogens is 266 g/mol. The molecule has 0 unspecified atom stereocenters. The topological polar surface area (TPSA) is 63.0 Å². The summed E-state index contributed by atoms with van der Waals surface area (Å²) < 4.78 is 31.3. The maximum Gasteiger partial charge on any atom is 0.340 e. The van der Waals surface area contributed by atoms with Gasteiger partial charge in [-0.1, -0.05) is 12.1 Å². The van der Waals surface area contributed by atoms with Crippen LogP contribution in [0.1, 0.15) is 16.1 Å². The number of nitriles is 1. The van der Waals surface area contributed by atoms with Crippen molar-refractivity contribution in [2.24, 2.45) is 0 Å². The average Bonchev–Trinajstić information content (AvgIpc) is 2.46. The second kappa shape index (κ2) is 5.45. The molecule has 20 heavy (non-hydrogen) atoms. The number of halogens is 2. The van der Waals surface area contributed by atoms with Crippen molar-refractivity contribution in [2.75, 3.05) is 7.11 Å². The molecule has 0 spiro atoms. The van der Waals surface area contributed by atoms with E-state index in [0.29, 0.717) is 0 Å². The number of pyridine rings is 1. The highest BCUT2D eigenvalue weighted by Crippen LogP contribution is 2.25. The van der Waals surface area contributed by atoms with E-state index in [2.05, 4.69) is 9.72 Å². The Bertz CT molecular complexity index is 724. The lowest BCUT2D eigenvalue weighted by atomic mass is 10.0. The lowest BCUT2D eigenvalue weighted by Gasteiger charge is -2.08. The number of methoxy groups -OCH3 is 1. The van der Waals surface area contributed by atoms with Gasteiger partial charge in [0.1, 0.15) is 11.9 Å². The number of rotatable bonds is 2. The summed E-state index contributed by atoms with van der Waals surface area (Å²) in [6.07, 6.45) is 0. The van der Waals surface area contributed by atoms with Gasteiger partial charge in [0.25, 0.3) is 0 Å². The summed E-state index contributed by atoms with van der Waals surface area (Å²) in [5, 5.41) is 8.79. The molecule has 0 aliphatic heterocycles. The zero-order chi connectivity index (χ0) is 14.7. The van der Waals surface area contributed by atoms with Crippen LogP contribution in [0.3, 0.4) is 0 Å². The Labute approximate surface area is 113 Å². The number of carbonyl (C=O) groups excluding carboxylic acids is 1. The van der Waals surface area contributed by atoms with Gasteiger partial charge >= 0.3 is 5.97 Å². The van der Waals surface area contributed by atoms with Gasteiger partial charge in [-0.15, -0.1) is 0 Å². The van der Waals surface area contributed by atoms with Gasteiger partial charge in [0.15, 0.2) is 11.5 Å². The molecule has 0 aliphatic rings. The van der Waals surface area contributed by atoms with Crippen molar-refractivity contribution in [1.82, 2.24) is 4.98 Å². The number of hydrogen-bond donors (Lipinski definition) is 0. The van der Waals surface area contributed by atoms with Crippen LogP contribution >= 0.6 is 0 Å². The minimum absolute atomic E-state index is 0.00528. The molecule has 0 saturated heterocycles. The van der Waals surface area contributed by atoms with Crippen LogP contribution in [0.25, 0.3) is 11.3 Å². The highest BCUT2D eigenvalue weighted by molar-refractivity contribution is 5.96. The Morgan fingerprint density at radius 1 is 1.35 bits per heavy atom. The zero-order valence-corrected chi connectivity index (χ0v) is 10.4. The van der Waals surface area contributed by atoms with Crippen molar-refractivity contribution in [1.29, 1.82) is 5.26 Å². The summed E-state index contributed by atoms with van der Waals surface area (Å²) in [4.78, 5) is 15.4. The van der Waals surface area contributed by atoms with E-state index in [1.54, 1.807) is 6.07 Å². The molecule has 0 radical (unpaired) electrons. The van der Waals surface area contributed by atoms with Gasteiger partial charge in [-0.3, -0.25) is 0 Å². The fourth-order valence-corrected chi connectivity index (χ4v) is 1.69. The lowest BCUT2D eigenvalue weighted by Crippen LogP contribution is -2.08. The summed E-state index contributed by atoms with van der Waals surface area (Å²) in [7, 11) is 1.13. The fourth-order valence-electron chi connectivity index (χ4n) is 1.69. The third kappa shape index (κ3) is 2.47. The maximum absolute atomic E-state index is 13.6. The third-order valence-corrected chi connectivity index (χ3v) is 2.59. The Morgan fingerprint density at radius 2 is 2.10 bits per heavy atom. The smallest absolute Gasteiger partial charge is 0.340 e. The zero-order valence-electron chi connectivity index (χ0n) is 10.4. The molecule has 6 heteroatoms. The number of aromatic nitrogens is 1. The van der Waals surface area contributed by atoms with Crippen LogP contribution in [0.5, 0.6) is 0 Å². The largest absolute Gasteiger partial charge is 0.465 e. The second-order valence-corrected chi connectivity index (χ2v) is 3.83. The molecule has 0 atom stereocenters. The van der Waals surface area contributed by atoms with E-state index < -0.39 is 23.3 Å². The molecule has 0 fully saturated rings. The minimum atomic E-state index is -0.937. The molecule has 1 aromatic carbocycles. The molecule has 0 bridgehead atoms. The average molecular weight is 274 g/mol. The van der Waals surface area contributed by atoms with Gasteiger partial charge in [0.05, 0.1) is 18.4 Å². The summed E-state index contributed by atoms with van der Waals surface area (Å²) in [6.45, 7) is 0. The summed E-state index contributed by atoms with van der Waals surface area (Å²) >= 11 is 0. The maximum atomic E-state index is 13.6. The van der Waals surface area contributed by atoms with Crippen LogP contribution in [0, 0.1) is 23.0 Å². The molecular formula is C14H8F2N2O2. The highest BCUT2D eigenvalue weighted by Gasteiger charge is 2.19. The van der Waals surface area contributed by atoms with Gasteiger partial charge in [-0.2, -0.15) is 5.26 Å². The van der Waals surface area contributed by atoms with Crippen molar-refractivity contribution >= 4 is 5.97 Å².